The van der Waals surface area contributed by atoms with Crippen molar-refractivity contribution in [2.24, 2.45) is 5.92 Å². The van der Waals surface area contributed by atoms with Crippen LogP contribution in [0.25, 0.3) is 12.2 Å². The van der Waals surface area contributed by atoms with Crippen molar-refractivity contribution >= 4 is 35.3 Å². The Bertz CT molecular complexity index is 982. The van der Waals surface area contributed by atoms with Gasteiger partial charge in [0, 0.05) is 17.2 Å². The molecule has 146 valence electrons. The lowest BCUT2D eigenvalue weighted by Gasteiger charge is -2.17. The molecular weight excluding hydrogens is 378 g/mol. The molecule has 0 atom stereocenters. The lowest BCUT2D eigenvalue weighted by atomic mass is 9.89. The number of aromatic nitrogens is 2. The minimum Gasteiger partial charge on any atom is -0.316 e. The third-order valence-corrected chi connectivity index (χ3v) is 6.95. The third kappa shape index (κ3) is 5.96. The standard InChI is InChI=1S/C20H27N3O2S2/c1-23(2)10-11-26-18-9-8-15(27-18)13-17-20(25)21-16(19(24)22-17)12-14-6-4-3-5-7-14/h8-9,12-14H,3-7,10-11H2,1-2H3,(H,21,25)(H,22,24). The highest BCUT2D eigenvalue weighted by atomic mass is 32.2. The van der Waals surface area contributed by atoms with Crippen LogP contribution in [0.2, 0.25) is 0 Å². The summed E-state index contributed by atoms with van der Waals surface area (Å²) in [6, 6.07) is 4.05. The third-order valence-electron chi connectivity index (χ3n) is 4.71. The Balaban J connectivity index is 1.80. The Kier molecular flexibility index (Phi) is 7.15. The van der Waals surface area contributed by atoms with E-state index in [1.165, 1.54) is 23.5 Å². The molecule has 1 saturated carbocycles. The van der Waals surface area contributed by atoms with E-state index in [-0.39, 0.29) is 11.1 Å². The Morgan fingerprint density at radius 1 is 1.11 bits per heavy atom. The van der Waals surface area contributed by atoms with Gasteiger partial charge >= 0.3 is 0 Å². The summed E-state index contributed by atoms with van der Waals surface area (Å²) in [5.41, 5.74) is -0.463. The maximum absolute atomic E-state index is 12.4. The Hall–Kier alpha value is -1.57. The number of hydrogen-bond acceptors (Lipinski definition) is 5. The van der Waals surface area contributed by atoms with Crippen LogP contribution in [0.15, 0.2) is 25.9 Å². The van der Waals surface area contributed by atoms with E-state index in [4.69, 9.17) is 0 Å². The summed E-state index contributed by atoms with van der Waals surface area (Å²) < 4.78 is 1.21. The molecule has 0 radical (unpaired) electrons. The van der Waals surface area contributed by atoms with Crippen LogP contribution in [0.3, 0.4) is 0 Å². The smallest absolute Gasteiger partial charge is 0.272 e. The summed E-state index contributed by atoms with van der Waals surface area (Å²) in [5.74, 6) is 1.42. The number of nitrogens with one attached hydrogen (secondary N) is 2. The molecule has 3 rings (SSSR count). The maximum atomic E-state index is 12.4. The SMILES string of the molecule is CN(C)CCSc1ccc(C=c2[nH]c(=O)c(=CC3CCCCC3)[nH]c2=O)s1. The molecule has 0 saturated heterocycles. The van der Waals surface area contributed by atoms with Crippen LogP contribution in [0, 0.1) is 5.92 Å². The number of thiophene rings is 1. The van der Waals surface area contributed by atoms with Crippen molar-refractivity contribution in [2.75, 3.05) is 26.4 Å². The summed E-state index contributed by atoms with van der Waals surface area (Å²) in [5, 5.41) is 0.711. The Morgan fingerprint density at radius 2 is 1.81 bits per heavy atom. The predicted molar refractivity (Wildman–Crippen MR) is 115 cm³/mol. The van der Waals surface area contributed by atoms with Crippen molar-refractivity contribution in [1.82, 2.24) is 14.9 Å². The van der Waals surface area contributed by atoms with Gasteiger partial charge in [0.2, 0.25) is 0 Å². The minimum absolute atomic E-state index is 0.219. The van der Waals surface area contributed by atoms with Gasteiger partial charge in [-0.3, -0.25) is 9.59 Å². The quantitative estimate of drug-likeness (QED) is 0.721. The molecule has 0 aromatic carbocycles. The number of nitrogens with zero attached hydrogens (tertiary/aromatic N) is 1. The fraction of sp³-hybridized carbons (Fsp3) is 0.500. The highest BCUT2D eigenvalue weighted by Gasteiger charge is 2.11. The first kappa shape index (κ1) is 20.2. The van der Waals surface area contributed by atoms with Crippen LogP contribution in [0.5, 0.6) is 0 Å². The summed E-state index contributed by atoms with van der Waals surface area (Å²) in [4.78, 5) is 33.4. The molecule has 0 aliphatic heterocycles. The van der Waals surface area contributed by atoms with Gasteiger partial charge in [-0.05, 0) is 51.1 Å². The molecule has 1 aliphatic rings. The zero-order valence-corrected chi connectivity index (χ0v) is 17.5. The molecule has 1 aliphatic carbocycles. The van der Waals surface area contributed by atoms with E-state index in [0.717, 1.165) is 30.0 Å². The largest absolute Gasteiger partial charge is 0.316 e. The van der Waals surface area contributed by atoms with Gasteiger partial charge in [0.15, 0.2) is 0 Å². The summed E-state index contributed by atoms with van der Waals surface area (Å²) in [6.45, 7) is 1.02. The second-order valence-electron chi connectivity index (χ2n) is 7.25. The molecule has 2 N–H and O–H groups in total. The van der Waals surface area contributed by atoms with Crippen LogP contribution in [0.4, 0.5) is 0 Å². The molecule has 5 nitrogen and oxygen atoms in total. The first-order valence-electron chi connectivity index (χ1n) is 9.45. The molecule has 1 fully saturated rings. The summed E-state index contributed by atoms with van der Waals surface area (Å²) >= 11 is 3.44. The van der Waals surface area contributed by atoms with E-state index in [0.29, 0.717) is 16.6 Å². The number of hydrogen-bond donors (Lipinski definition) is 2. The second-order valence-corrected chi connectivity index (χ2v) is 9.76. The van der Waals surface area contributed by atoms with E-state index in [1.54, 1.807) is 29.2 Å². The minimum atomic E-state index is -0.244. The van der Waals surface area contributed by atoms with Crippen molar-refractivity contribution in [3.8, 4) is 0 Å². The zero-order valence-electron chi connectivity index (χ0n) is 15.9. The zero-order chi connectivity index (χ0) is 19.2. The molecule has 2 aromatic rings. The van der Waals surface area contributed by atoms with Gasteiger partial charge in [-0.1, -0.05) is 25.3 Å². The van der Waals surface area contributed by atoms with Gasteiger partial charge in [-0.2, -0.15) is 0 Å². The average Bonchev–Trinajstić information content (AvgIpc) is 3.07. The molecule has 0 spiro atoms. The monoisotopic (exact) mass is 405 g/mol. The number of aromatic amines is 2. The van der Waals surface area contributed by atoms with E-state index in [2.05, 4.69) is 35.0 Å². The summed E-state index contributed by atoms with van der Waals surface area (Å²) in [6.07, 6.45) is 9.54. The van der Waals surface area contributed by atoms with Crippen molar-refractivity contribution in [3.05, 3.63) is 48.4 Å². The molecule has 2 aromatic heterocycles. The van der Waals surface area contributed by atoms with E-state index in [1.807, 2.05) is 12.1 Å². The van der Waals surface area contributed by atoms with Crippen LogP contribution in [-0.2, 0) is 0 Å². The van der Waals surface area contributed by atoms with E-state index in [9.17, 15) is 9.59 Å². The normalized spacial score (nSPS) is 17.1. The lowest BCUT2D eigenvalue weighted by molar-refractivity contribution is 0.435. The predicted octanol–water partition coefficient (Wildman–Crippen LogP) is 1.97. The van der Waals surface area contributed by atoms with Gasteiger partial charge in [0.1, 0.15) is 10.7 Å². The summed E-state index contributed by atoms with van der Waals surface area (Å²) in [7, 11) is 4.12. The molecule has 0 unspecified atom stereocenters. The van der Waals surface area contributed by atoms with Gasteiger partial charge in [-0.25, -0.2) is 0 Å². The van der Waals surface area contributed by atoms with Crippen molar-refractivity contribution in [1.29, 1.82) is 0 Å². The van der Waals surface area contributed by atoms with E-state index < -0.39 is 0 Å². The van der Waals surface area contributed by atoms with Gasteiger partial charge in [0.05, 0.1) is 4.21 Å². The number of thioether (sulfide) groups is 1. The fourth-order valence-corrected chi connectivity index (χ4v) is 5.49. The van der Waals surface area contributed by atoms with Crippen molar-refractivity contribution in [2.45, 2.75) is 36.3 Å². The number of rotatable bonds is 6. The van der Waals surface area contributed by atoms with Gasteiger partial charge < -0.3 is 14.9 Å². The van der Waals surface area contributed by atoms with Crippen LogP contribution in [-0.4, -0.2) is 41.3 Å². The van der Waals surface area contributed by atoms with Crippen LogP contribution < -0.4 is 21.8 Å². The van der Waals surface area contributed by atoms with Crippen LogP contribution >= 0.6 is 23.1 Å². The lowest BCUT2D eigenvalue weighted by Crippen LogP contribution is -2.47. The molecule has 0 amide bonds. The first-order valence-corrected chi connectivity index (χ1v) is 11.2. The van der Waals surface area contributed by atoms with Gasteiger partial charge in [-0.15, -0.1) is 23.1 Å². The van der Waals surface area contributed by atoms with Crippen molar-refractivity contribution in [3.63, 3.8) is 0 Å². The topological polar surface area (TPSA) is 69.0 Å². The van der Waals surface area contributed by atoms with Crippen LogP contribution in [0.1, 0.15) is 37.0 Å². The van der Waals surface area contributed by atoms with E-state index >= 15 is 0 Å². The molecule has 7 heteroatoms. The fourth-order valence-electron chi connectivity index (χ4n) is 3.21. The molecule has 27 heavy (non-hydrogen) atoms. The number of H-pyrrole nitrogens is 2. The maximum Gasteiger partial charge on any atom is 0.272 e. The molecule has 0 bridgehead atoms. The van der Waals surface area contributed by atoms with Crippen molar-refractivity contribution < 1.29 is 0 Å². The average molecular weight is 406 g/mol. The second kappa shape index (κ2) is 9.57. The highest BCUT2D eigenvalue weighted by Crippen LogP contribution is 2.27. The Morgan fingerprint density at radius 3 is 2.56 bits per heavy atom. The highest BCUT2D eigenvalue weighted by molar-refractivity contribution is 8.01. The first-order chi connectivity index (χ1) is 13.0. The molecule has 2 heterocycles. The Labute approximate surface area is 167 Å². The molecular formula is C20H27N3O2S2. The van der Waals surface area contributed by atoms with Gasteiger partial charge in [0.25, 0.3) is 11.1 Å².